The Morgan fingerprint density at radius 2 is 2.00 bits per heavy atom. The molecule has 0 amide bonds. The predicted octanol–water partition coefficient (Wildman–Crippen LogP) is 0.997. The molecule has 18 heavy (non-hydrogen) atoms. The first-order chi connectivity index (χ1) is 8.86. The molecule has 2 aromatic rings. The quantitative estimate of drug-likeness (QED) is 0.848. The molecule has 2 N–H and O–H groups in total. The second kappa shape index (κ2) is 4.78. The molecular weight excluding hydrogens is 226 g/mol. The molecule has 1 aliphatic carbocycles. The molecule has 1 aliphatic rings. The predicted molar refractivity (Wildman–Crippen MR) is 67.6 cm³/mol. The van der Waals surface area contributed by atoms with Gasteiger partial charge < -0.3 is 5.73 Å². The summed E-state index contributed by atoms with van der Waals surface area (Å²) in [5.74, 6) is 1.77. The summed E-state index contributed by atoms with van der Waals surface area (Å²) in [5.41, 5.74) is 8.06. The molecule has 2 aromatic heterocycles. The van der Waals surface area contributed by atoms with Crippen LogP contribution < -0.4 is 5.73 Å². The third-order valence-corrected chi connectivity index (χ3v) is 3.35. The Morgan fingerprint density at radius 3 is 2.78 bits per heavy atom. The van der Waals surface area contributed by atoms with Gasteiger partial charge in [0.15, 0.2) is 11.6 Å². The maximum absolute atomic E-state index is 5.72. The van der Waals surface area contributed by atoms with Crippen molar-refractivity contribution in [3.63, 3.8) is 0 Å². The zero-order chi connectivity index (χ0) is 12.4. The third kappa shape index (κ3) is 2.09. The number of hydrogen-bond acceptors (Lipinski definition) is 5. The number of aromatic nitrogens is 4. The maximum atomic E-state index is 5.72. The first-order valence-electron chi connectivity index (χ1n) is 6.19. The molecule has 92 valence electrons. The van der Waals surface area contributed by atoms with Crippen molar-refractivity contribution in [3.05, 3.63) is 35.9 Å². The minimum absolute atomic E-state index is 0.569. The number of rotatable bonds is 2. The fourth-order valence-corrected chi connectivity index (χ4v) is 2.31. The molecule has 5 heteroatoms. The van der Waals surface area contributed by atoms with E-state index in [1.807, 2.05) is 6.20 Å². The van der Waals surface area contributed by atoms with Crippen LogP contribution in [-0.4, -0.2) is 26.5 Å². The smallest absolute Gasteiger partial charge is 0.197 e. The summed E-state index contributed by atoms with van der Waals surface area (Å²) in [6.45, 7) is 0.739. The van der Waals surface area contributed by atoms with E-state index in [0.29, 0.717) is 17.6 Å². The van der Waals surface area contributed by atoms with Gasteiger partial charge in [0.05, 0.1) is 0 Å². The lowest BCUT2D eigenvalue weighted by atomic mass is 9.87. The second-order valence-electron chi connectivity index (χ2n) is 4.58. The summed E-state index contributed by atoms with van der Waals surface area (Å²) in [5, 5.41) is 0. The van der Waals surface area contributed by atoms with E-state index in [0.717, 1.165) is 31.5 Å². The lowest BCUT2D eigenvalue weighted by Gasteiger charge is -2.22. The Morgan fingerprint density at radius 1 is 1.17 bits per heavy atom. The molecule has 1 unspecified atom stereocenters. The van der Waals surface area contributed by atoms with Gasteiger partial charge in [-0.2, -0.15) is 0 Å². The number of fused-ring (bicyclic) bond motifs is 1. The van der Waals surface area contributed by atoms with E-state index >= 15 is 0 Å². The number of nitrogens with zero attached hydrogens (tertiary/aromatic N) is 4. The maximum Gasteiger partial charge on any atom is 0.197 e. The molecule has 5 nitrogen and oxygen atoms in total. The highest BCUT2D eigenvalue weighted by atomic mass is 15.0. The van der Waals surface area contributed by atoms with Crippen molar-refractivity contribution in [2.75, 3.05) is 6.54 Å². The average Bonchev–Trinajstić information content (AvgIpc) is 2.47. The van der Waals surface area contributed by atoms with Gasteiger partial charge in [0.1, 0.15) is 0 Å². The lowest BCUT2D eigenvalue weighted by molar-refractivity contribution is 0.462. The van der Waals surface area contributed by atoms with E-state index in [9.17, 15) is 0 Å². The van der Waals surface area contributed by atoms with Gasteiger partial charge in [0.2, 0.25) is 0 Å². The first-order valence-corrected chi connectivity index (χ1v) is 6.19. The molecule has 0 saturated carbocycles. The number of nitrogens with two attached hydrogens (primary N) is 1. The Kier molecular flexibility index (Phi) is 2.98. The van der Waals surface area contributed by atoms with Crippen LogP contribution in [0, 0.1) is 5.92 Å². The molecule has 0 aliphatic heterocycles. The first kappa shape index (κ1) is 11.2. The van der Waals surface area contributed by atoms with E-state index in [1.54, 1.807) is 18.5 Å². The lowest BCUT2D eigenvalue weighted by Crippen LogP contribution is -2.23. The summed E-state index contributed by atoms with van der Waals surface area (Å²) in [4.78, 5) is 17.3. The molecule has 0 saturated heterocycles. The van der Waals surface area contributed by atoms with Gasteiger partial charge in [-0.25, -0.2) is 19.9 Å². The summed E-state index contributed by atoms with van der Waals surface area (Å²) in [6.07, 6.45) is 8.37. The topological polar surface area (TPSA) is 77.6 Å². The van der Waals surface area contributed by atoms with Crippen LogP contribution in [0.1, 0.15) is 17.7 Å². The van der Waals surface area contributed by atoms with Crippen LogP contribution in [0.2, 0.25) is 0 Å². The molecule has 1 atom stereocenters. The molecule has 0 spiro atoms. The van der Waals surface area contributed by atoms with Crippen molar-refractivity contribution < 1.29 is 0 Å². The van der Waals surface area contributed by atoms with Gasteiger partial charge in [-0.05, 0) is 43.4 Å². The molecule has 0 fully saturated rings. The molecule has 0 aromatic carbocycles. The van der Waals surface area contributed by atoms with E-state index in [1.165, 1.54) is 5.56 Å². The highest BCUT2D eigenvalue weighted by Gasteiger charge is 2.20. The molecule has 0 radical (unpaired) electrons. The van der Waals surface area contributed by atoms with E-state index in [-0.39, 0.29) is 0 Å². The Bertz CT molecular complexity index is 540. The summed E-state index contributed by atoms with van der Waals surface area (Å²) in [7, 11) is 0. The SMILES string of the molecule is NCC1CCc2nc(-c3ncccn3)ncc2C1. The zero-order valence-corrected chi connectivity index (χ0v) is 10.1. The van der Waals surface area contributed by atoms with Crippen LogP contribution in [0.25, 0.3) is 11.6 Å². The van der Waals surface area contributed by atoms with Gasteiger partial charge in [-0.1, -0.05) is 0 Å². The van der Waals surface area contributed by atoms with Crippen LogP contribution in [0.4, 0.5) is 0 Å². The Hall–Kier alpha value is -1.88. The molecule has 2 heterocycles. The van der Waals surface area contributed by atoms with Crippen LogP contribution >= 0.6 is 0 Å². The summed E-state index contributed by atoms with van der Waals surface area (Å²) in [6, 6.07) is 1.79. The Balaban J connectivity index is 1.93. The highest BCUT2D eigenvalue weighted by Crippen LogP contribution is 2.24. The van der Waals surface area contributed by atoms with Crippen molar-refractivity contribution in [1.29, 1.82) is 0 Å². The third-order valence-electron chi connectivity index (χ3n) is 3.35. The monoisotopic (exact) mass is 241 g/mol. The van der Waals surface area contributed by atoms with Gasteiger partial charge >= 0.3 is 0 Å². The van der Waals surface area contributed by atoms with Crippen molar-refractivity contribution in [1.82, 2.24) is 19.9 Å². The molecule has 0 bridgehead atoms. The highest BCUT2D eigenvalue weighted by molar-refractivity contribution is 5.43. The largest absolute Gasteiger partial charge is 0.330 e. The standard InChI is InChI=1S/C13H15N5/c14-7-9-2-3-11-10(6-9)8-17-13(18-11)12-15-4-1-5-16-12/h1,4-5,8-9H,2-3,6-7,14H2. The Labute approximate surface area is 106 Å². The van der Waals surface area contributed by atoms with Gasteiger partial charge in [-0.15, -0.1) is 0 Å². The summed E-state index contributed by atoms with van der Waals surface area (Å²) < 4.78 is 0. The van der Waals surface area contributed by atoms with Crippen molar-refractivity contribution in [3.8, 4) is 11.6 Å². The minimum Gasteiger partial charge on any atom is -0.330 e. The van der Waals surface area contributed by atoms with E-state index < -0.39 is 0 Å². The fraction of sp³-hybridized carbons (Fsp3) is 0.385. The van der Waals surface area contributed by atoms with Crippen molar-refractivity contribution in [2.24, 2.45) is 11.7 Å². The average molecular weight is 241 g/mol. The van der Waals surface area contributed by atoms with Gasteiger partial charge in [-0.3, -0.25) is 0 Å². The number of aryl methyl sites for hydroxylation is 1. The van der Waals surface area contributed by atoms with E-state index in [2.05, 4.69) is 19.9 Å². The summed E-state index contributed by atoms with van der Waals surface area (Å²) >= 11 is 0. The number of hydrogen-bond donors (Lipinski definition) is 1. The van der Waals surface area contributed by atoms with Gasteiger partial charge in [0, 0.05) is 24.3 Å². The second-order valence-corrected chi connectivity index (χ2v) is 4.58. The molecular formula is C13H15N5. The van der Waals surface area contributed by atoms with Crippen molar-refractivity contribution >= 4 is 0 Å². The van der Waals surface area contributed by atoms with Crippen molar-refractivity contribution in [2.45, 2.75) is 19.3 Å². The van der Waals surface area contributed by atoms with Crippen LogP contribution in [-0.2, 0) is 12.8 Å². The molecule has 3 rings (SSSR count). The van der Waals surface area contributed by atoms with Crippen LogP contribution in [0.3, 0.4) is 0 Å². The normalized spacial score (nSPS) is 18.4. The fourth-order valence-electron chi connectivity index (χ4n) is 2.31. The zero-order valence-electron chi connectivity index (χ0n) is 10.1. The minimum atomic E-state index is 0.569. The van der Waals surface area contributed by atoms with Crippen LogP contribution in [0.15, 0.2) is 24.7 Å². The van der Waals surface area contributed by atoms with E-state index in [4.69, 9.17) is 5.73 Å². The van der Waals surface area contributed by atoms with Crippen LogP contribution in [0.5, 0.6) is 0 Å². The van der Waals surface area contributed by atoms with Gasteiger partial charge in [0.25, 0.3) is 0 Å².